The molecule has 0 saturated carbocycles. The third-order valence-corrected chi connectivity index (χ3v) is 3.55. The first-order chi connectivity index (χ1) is 7.33. The first-order valence-corrected chi connectivity index (χ1v) is 5.99. The molecule has 0 atom stereocenters. The van der Waals surface area contributed by atoms with Crippen molar-refractivity contribution < 1.29 is 0 Å². The van der Waals surface area contributed by atoms with Crippen LogP contribution >= 0.6 is 11.6 Å². The maximum Gasteiger partial charge on any atom is 0.0589 e. The Morgan fingerprint density at radius 1 is 1.38 bits per heavy atom. The highest BCUT2D eigenvalue weighted by molar-refractivity contribution is 6.31. The summed E-state index contributed by atoms with van der Waals surface area (Å²) in [7, 11) is 0. The van der Waals surface area contributed by atoms with Gasteiger partial charge in [-0.05, 0) is 29.5 Å². The Morgan fingerprint density at radius 2 is 2.00 bits per heavy atom. The molecule has 0 saturated heterocycles. The molecule has 0 aromatic heterocycles. The van der Waals surface area contributed by atoms with E-state index in [0.29, 0.717) is 10.9 Å². The number of anilines is 2. The lowest BCUT2D eigenvalue weighted by Crippen LogP contribution is -2.28. The third kappa shape index (κ3) is 3.31. The molecule has 1 rings (SSSR count). The fraction of sp³-hybridized carbons (Fsp3) is 0.538. The van der Waals surface area contributed by atoms with Crippen LogP contribution in [-0.4, -0.2) is 6.54 Å². The summed E-state index contributed by atoms with van der Waals surface area (Å²) in [5.41, 5.74) is 7.76. The fourth-order valence-electron chi connectivity index (χ4n) is 1.21. The monoisotopic (exact) mass is 240 g/mol. The Morgan fingerprint density at radius 3 is 2.56 bits per heavy atom. The van der Waals surface area contributed by atoms with Crippen LogP contribution in [0.4, 0.5) is 11.4 Å². The summed E-state index contributed by atoms with van der Waals surface area (Å²) >= 11 is 5.93. The second kappa shape index (κ2) is 4.96. The average molecular weight is 241 g/mol. The normalized spacial score (nSPS) is 11.9. The van der Waals surface area contributed by atoms with Gasteiger partial charge in [0.15, 0.2) is 0 Å². The van der Waals surface area contributed by atoms with Crippen molar-refractivity contribution in [3.05, 3.63) is 23.2 Å². The third-order valence-electron chi connectivity index (χ3n) is 3.31. The number of halogens is 1. The molecule has 3 heteroatoms. The Kier molecular flexibility index (Phi) is 4.09. The van der Waals surface area contributed by atoms with E-state index in [9.17, 15) is 0 Å². The summed E-state index contributed by atoms with van der Waals surface area (Å²) in [6, 6.07) is 5.50. The maximum atomic E-state index is 5.93. The zero-order valence-corrected chi connectivity index (χ0v) is 11.2. The van der Waals surface area contributed by atoms with Gasteiger partial charge in [0, 0.05) is 11.6 Å². The van der Waals surface area contributed by atoms with Gasteiger partial charge in [0.1, 0.15) is 0 Å². The van der Waals surface area contributed by atoms with Gasteiger partial charge in [0.05, 0.1) is 11.4 Å². The summed E-state index contributed by atoms with van der Waals surface area (Å²) < 4.78 is 0. The molecule has 0 unspecified atom stereocenters. The summed E-state index contributed by atoms with van der Waals surface area (Å²) in [6.07, 6.45) is 0. The molecule has 0 spiro atoms. The Bertz CT molecular complexity index is 359. The molecule has 2 nitrogen and oxygen atoms in total. The van der Waals surface area contributed by atoms with Crippen molar-refractivity contribution in [2.75, 3.05) is 17.6 Å². The molecule has 0 amide bonds. The van der Waals surface area contributed by atoms with Gasteiger partial charge in [-0.2, -0.15) is 0 Å². The second-order valence-corrected chi connectivity index (χ2v) is 5.66. The molecule has 0 aliphatic rings. The van der Waals surface area contributed by atoms with Gasteiger partial charge in [-0.15, -0.1) is 0 Å². The van der Waals surface area contributed by atoms with Gasteiger partial charge < -0.3 is 11.1 Å². The smallest absolute Gasteiger partial charge is 0.0589 e. The lowest BCUT2D eigenvalue weighted by atomic mass is 9.81. The van der Waals surface area contributed by atoms with Crippen molar-refractivity contribution in [1.29, 1.82) is 0 Å². The Hall–Kier alpha value is -0.890. The molecule has 1 aromatic carbocycles. The molecule has 0 heterocycles. The van der Waals surface area contributed by atoms with Crippen LogP contribution in [0.5, 0.6) is 0 Å². The number of nitrogens with two attached hydrogens (primary N) is 1. The molecule has 90 valence electrons. The molecular weight excluding hydrogens is 220 g/mol. The Balaban J connectivity index is 2.71. The van der Waals surface area contributed by atoms with Gasteiger partial charge in [0.2, 0.25) is 0 Å². The molecular formula is C13H21ClN2. The summed E-state index contributed by atoms with van der Waals surface area (Å²) in [6.45, 7) is 9.82. The highest BCUT2D eigenvalue weighted by Crippen LogP contribution is 2.29. The standard InChI is InChI=1S/C13H21ClN2/c1-9(2)13(3,4)8-16-12-7-10(14)5-6-11(12)15/h5-7,9,16H,8,15H2,1-4H3. The molecule has 0 fully saturated rings. The largest absolute Gasteiger partial charge is 0.397 e. The van der Waals surface area contributed by atoms with E-state index in [0.717, 1.165) is 17.9 Å². The molecule has 3 N–H and O–H groups in total. The first-order valence-electron chi connectivity index (χ1n) is 5.62. The molecule has 0 radical (unpaired) electrons. The van der Waals surface area contributed by atoms with E-state index >= 15 is 0 Å². The molecule has 0 bridgehead atoms. The highest BCUT2D eigenvalue weighted by Gasteiger charge is 2.22. The predicted octanol–water partition coefficient (Wildman–Crippen LogP) is 4.02. The minimum atomic E-state index is 0.231. The lowest BCUT2D eigenvalue weighted by molar-refractivity contribution is 0.270. The van der Waals surface area contributed by atoms with Gasteiger partial charge >= 0.3 is 0 Å². The van der Waals surface area contributed by atoms with Crippen LogP contribution in [0.3, 0.4) is 0 Å². The van der Waals surface area contributed by atoms with Gasteiger partial charge in [0.25, 0.3) is 0 Å². The van der Waals surface area contributed by atoms with Crippen molar-refractivity contribution in [2.45, 2.75) is 27.7 Å². The van der Waals surface area contributed by atoms with Crippen LogP contribution < -0.4 is 11.1 Å². The van der Waals surface area contributed by atoms with Gasteiger partial charge in [-0.3, -0.25) is 0 Å². The number of hydrogen-bond acceptors (Lipinski definition) is 2. The predicted molar refractivity (Wildman–Crippen MR) is 73.0 cm³/mol. The first kappa shape index (κ1) is 13.2. The van der Waals surface area contributed by atoms with Crippen LogP contribution in [0.1, 0.15) is 27.7 Å². The molecule has 16 heavy (non-hydrogen) atoms. The average Bonchev–Trinajstić information content (AvgIpc) is 2.19. The zero-order chi connectivity index (χ0) is 12.3. The zero-order valence-electron chi connectivity index (χ0n) is 10.5. The van der Waals surface area contributed by atoms with Crippen molar-refractivity contribution >= 4 is 23.0 Å². The van der Waals surface area contributed by atoms with Gasteiger partial charge in [-0.25, -0.2) is 0 Å². The molecule has 1 aromatic rings. The minimum Gasteiger partial charge on any atom is -0.397 e. The highest BCUT2D eigenvalue weighted by atomic mass is 35.5. The van der Waals surface area contributed by atoms with E-state index in [2.05, 4.69) is 33.0 Å². The lowest BCUT2D eigenvalue weighted by Gasteiger charge is -2.30. The van der Waals surface area contributed by atoms with Crippen LogP contribution in [0, 0.1) is 11.3 Å². The second-order valence-electron chi connectivity index (χ2n) is 5.23. The molecule has 0 aliphatic carbocycles. The van der Waals surface area contributed by atoms with Crippen molar-refractivity contribution in [3.63, 3.8) is 0 Å². The quantitative estimate of drug-likeness (QED) is 0.781. The van der Waals surface area contributed by atoms with E-state index < -0.39 is 0 Å². The number of benzene rings is 1. The summed E-state index contributed by atoms with van der Waals surface area (Å²) in [5, 5.41) is 4.07. The SMILES string of the molecule is CC(C)C(C)(C)CNc1cc(Cl)ccc1N. The van der Waals surface area contributed by atoms with Crippen LogP contribution in [-0.2, 0) is 0 Å². The fourth-order valence-corrected chi connectivity index (χ4v) is 1.38. The van der Waals surface area contributed by atoms with Crippen molar-refractivity contribution in [2.24, 2.45) is 11.3 Å². The van der Waals surface area contributed by atoms with Gasteiger partial charge in [-0.1, -0.05) is 39.3 Å². The topological polar surface area (TPSA) is 38.0 Å². The number of nitrogens with one attached hydrogen (secondary N) is 1. The van der Waals surface area contributed by atoms with Crippen LogP contribution in [0.25, 0.3) is 0 Å². The van der Waals surface area contributed by atoms with Crippen LogP contribution in [0.2, 0.25) is 5.02 Å². The summed E-state index contributed by atoms with van der Waals surface area (Å²) in [4.78, 5) is 0. The summed E-state index contributed by atoms with van der Waals surface area (Å²) in [5.74, 6) is 0.611. The number of nitrogen functional groups attached to an aromatic ring is 1. The Labute approximate surface area is 103 Å². The number of rotatable bonds is 4. The van der Waals surface area contributed by atoms with E-state index in [1.54, 1.807) is 6.07 Å². The van der Waals surface area contributed by atoms with Crippen LogP contribution in [0.15, 0.2) is 18.2 Å². The van der Waals surface area contributed by atoms with E-state index in [1.165, 1.54) is 0 Å². The maximum absolute atomic E-state index is 5.93. The van der Waals surface area contributed by atoms with Crippen molar-refractivity contribution in [1.82, 2.24) is 0 Å². The molecule has 0 aliphatic heterocycles. The van der Waals surface area contributed by atoms with Crippen molar-refractivity contribution in [3.8, 4) is 0 Å². The van der Waals surface area contributed by atoms with E-state index in [1.807, 2.05) is 12.1 Å². The minimum absolute atomic E-state index is 0.231. The number of hydrogen-bond donors (Lipinski definition) is 2. The van der Waals surface area contributed by atoms with E-state index in [4.69, 9.17) is 17.3 Å². The van der Waals surface area contributed by atoms with E-state index in [-0.39, 0.29) is 5.41 Å².